The molecule has 0 fully saturated rings. The Balaban J connectivity index is 2.56. The minimum absolute atomic E-state index is 0.0931. The Labute approximate surface area is 101 Å². The van der Waals surface area contributed by atoms with Crippen LogP contribution in [0.4, 0.5) is 0 Å². The predicted molar refractivity (Wildman–Crippen MR) is 69.2 cm³/mol. The van der Waals surface area contributed by atoms with Gasteiger partial charge in [-0.15, -0.1) is 0 Å². The number of hydrogen-bond acceptors (Lipinski definition) is 2. The van der Waals surface area contributed by atoms with E-state index in [0.717, 1.165) is 27.8 Å². The first-order valence-corrected chi connectivity index (χ1v) is 5.61. The highest BCUT2D eigenvalue weighted by atomic mass is 16.1. The summed E-state index contributed by atoms with van der Waals surface area (Å²) >= 11 is 0. The van der Waals surface area contributed by atoms with Crippen LogP contribution in [-0.4, -0.2) is 10.8 Å². The number of hydrogen-bond donors (Lipinski definition) is 0. The van der Waals surface area contributed by atoms with Gasteiger partial charge in [0.2, 0.25) is 0 Å². The number of Topliss-reactive ketones (excluding diaryl/α,β-unsaturated/α-hetero) is 1. The van der Waals surface area contributed by atoms with Crippen LogP contribution in [-0.2, 0) is 0 Å². The second-order valence-electron chi connectivity index (χ2n) is 4.39. The van der Waals surface area contributed by atoms with E-state index in [1.165, 1.54) is 0 Å². The summed E-state index contributed by atoms with van der Waals surface area (Å²) in [6, 6.07) is 7.98. The monoisotopic (exact) mass is 225 g/mol. The van der Waals surface area contributed by atoms with Crippen molar-refractivity contribution in [2.45, 2.75) is 20.8 Å². The number of carbonyl (C=O) groups excluding carboxylic acids is 1. The maximum Gasteiger partial charge on any atom is 0.159 e. The maximum absolute atomic E-state index is 11.4. The lowest BCUT2D eigenvalue weighted by Gasteiger charge is -2.06. The molecule has 0 unspecified atom stereocenters. The lowest BCUT2D eigenvalue weighted by atomic mass is 9.99. The summed E-state index contributed by atoms with van der Waals surface area (Å²) in [5.41, 5.74) is 5.06. The van der Waals surface area contributed by atoms with Crippen LogP contribution in [0.3, 0.4) is 0 Å². The number of rotatable bonds is 2. The summed E-state index contributed by atoms with van der Waals surface area (Å²) in [5.74, 6) is 0.0931. The molecule has 0 bridgehead atoms. The van der Waals surface area contributed by atoms with Crippen LogP contribution < -0.4 is 0 Å². The Hall–Kier alpha value is -1.96. The highest BCUT2D eigenvalue weighted by molar-refractivity contribution is 5.95. The zero-order chi connectivity index (χ0) is 12.4. The van der Waals surface area contributed by atoms with E-state index in [4.69, 9.17) is 0 Å². The Morgan fingerprint density at radius 2 is 1.65 bits per heavy atom. The van der Waals surface area contributed by atoms with Gasteiger partial charge in [0.15, 0.2) is 5.78 Å². The van der Waals surface area contributed by atoms with Crippen LogP contribution in [0.5, 0.6) is 0 Å². The van der Waals surface area contributed by atoms with E-state index < -0.39 is 0 Å². The molecular formula is C15H15NO. The summed E-state index contributed by atoms with van der Waals surface area (Å²) in [6.07, 6.45) is 3.65. The Morgan fingerprint density at radius 3 is 2.29 bits per heavy atom. The van der Waals surface area contributed by atoms with Crippen molar-refractivity contribution in [3.05, 3.63) is 53.3 Å². The normalized spacial score (nSPS) is 10.3. The van der Waals surface area contributed by atoms with E-state index in [1.807, 2.05) is 38.4 Å². The minimum Gasteiger partial charge on any atom is -0.295 e. The number of pyridine rings is 1. The van der Waals surface area contributed by atoms with Crippen molar-refractivity contribution in [2.24, 2.45) is 0 Å². The number of aryl methyl sites for hydroxylation is 2. The molecule has 0 aliphatic heterocycles. The van der Waals surface area contributed by atoms with E-state index in [9.17, 15) is 4.79 Å². The molecule has 2 nitrogen and oxygen atoms in total. The summed E-state index contributed by atoms with van der Waals surface area (Å²) in [6.45, 7) is 5.60. The van der Waals surface area contributed by atoms with E-state index in [1.54, 1.807) is 6.92 Å². The summed E-state index contributed by atoms with van der Waals surface area (Å²) in [5, 5.41) is 0. The lowest BCUT2D eigenvalue weighted by Crippen LogP contribution is -1.94. The second-order valence-corrected chi connectivity index (χ2v) is 4.39. The molecule has 0 saturated carbocycles. The van der Waals surface area contributed by atoms with Gasteiger partial charge in [-0.1, -0.05) is 6.07 Å². The molecule has 0 saturated heterocycles. The zero-order valence-corrected chi connectivity index (χ0v) is 10.3. The summed E-state index contributed by atoms with van der Waals surface area (Å²) in [4.78, 5) is 15.6. The van der Waals surface area contributed by atoms with Crippen molar-refractivity contribution in [1.82, 2.24) is 4.98 Å². The van der Waals surface area contributed by atoms with Gasteiger partial charge in [-0.05, 0) is 55.7 Å². The van der Waals surface area contributed by atoms with E-state index in [0.29, 0.717) is 0 Å². The highest BCUT2D eigenvalue weighted by Crippen LogP contribution is 2.22. The summed E-state index contributed by atoms with van der Waals surface area (Å²) < 4.78 is 0. The molecule has 1 heterocycles. The molecule has 0 aliphatic rings. The van der Waals surface area contributed by atoms with Gasteiger partial charge in [0.1, 0.15) is 0 Å². The molecule has 2 rings (SSSR count). The molecular weight excluding hydrogens is 210 g/mol. The third-order valence-corrected chi connectivity index (χ3v) is 2.69. The average molecular weight is 225 g/mol. The number of carbonyl (C=O) groups is 1. The van der Waals surface area contributed by atoms with E-state index in [2.05, 4.69) is 17.1 Å². The molecule has 86 valence electrons. The number of ketones is 1. The van der Waals surface area contributed by atoms with Crippen LogP contribution in [0.25, 0.3) is 11.1 Å². The first-order chi connectivity index (χ1) is 8.06. The van der Waals surface area contributed by atoms with Gasteiger partial charge in [-0.3, -0.25) is 9.78 Å². The van der Waals surface area contributed by atoms with Gasteiger partial charge in [0.05, 0.1) is 0 Å². The molecule has 2 aromatic rings. The van der Waals surface area contributed by atoms with Crippen molar-refractivity contribution < 1.29 is 4.79 Å². The fraction of sp³-hybridized carbons (Fsp3) is 0.200. The molecule has 0 amide bonds. The van der Waals surface area contributed by atoms with Gasteiger partial charge in [0, 0.05) is 23.5 Å². The fourth-order valence-electron chi connectivity index (χ4n) is 1.87. The van der Waals surface area contributed by atoms with Crippen molar-refractivity contribution in [2.75, 3.05) is 0 Å². The number of benzene rings is 1. The average Bonchev–Trinajstić information content (AvgIpc) is 2.28. The fourth-order valence-corrected chi connectivity index (χ4v) is 1.87. The highest BCUT2D eigenvalue weighted by Gasteiger charge is 2.05. The van der Waals surface area contributed by atoms with Crippen molar-refractivity contribution in [3.8, 4) is 11.1 Å². The predicted octanol–water partition coefficient (Wildman–Crippen LogP) is 3.57. The topological polar surface area (TPSA) is 30.0 Å². The Morgan fingerprint density at radius 1 is 0.941 bits per heavy atom. The van der Waals surface area contributed by atoms with Crippen LogP contribution >= 0.6 is 0 Å². The van der Waals surface area contributed by atoms with Crippen LogP contribution in [0, 0.1) is 13.8 Å². The molecule has 0 aliphatic carbocycles. The van der Waals surface area contributed by atoms with Crippen molar-refractivity contribution in [3.63, 3.8) is 0 Å². The Bertz CT molecular complexity index is 573. The standard InChI is InChI=1S/C15H15NO/c1-10-4-13(12(3)17)7-14(5-10)15-6-11(2)8-16-9-15/h4-9H,1-3H3. The van der Waals surface area contributed by atoms with Crippen molar-refractivity contribution in [1.29, 1.82) is 0 Å². The molecule has 0 atom stereocenters. The quantitative estimate of drug-likeness (QED) is 0.731. The van der Waals surface area contributed by atoms with Gasteiger partial charge in [-0.25, -0.2) is 0 Å². The number of aromatic nitrogens is 1. The SMILES string of the molecule is CC(=O)c1cc(C)cc(-c2cncc(C)c2)c1. The third kappa shape index (κ3) is 2.59. The number of nitrogens with zero attached hydrogens (tertiary/aromatic N) is 1. The van der Waals surface area contributed by atoms with Crippen molar-refractivity contribution >= 4 is 5.78 Å². The lowest BCUT2D eigenvalue weighted by molar-refractivity contribution is 0.101. The smallest absolute Gasteiger partial charge is 0.159 e. The molecule has 2 heteroatoms. The van der Waals surface area contributed by atoms with Gasteiger partial charge >= 0.3 is 0 Å². The van der Waals surface area contributed by atoms with E-state index >= 15 is 0 Å². The minimum atomic E-state index is 0.0931. The van der Waals surface area contributed by atoms with E-state index in [-0.39, 0.29) is 5.78 Å². The zero-order valence-electron chi connectivity index (χ0n) is 10.3. The van der Waals surface area contributed by atoms with Gasteiger partial charge in [-0.2, -0.15) is 0 Å². The Kier molecular flexibility index (Phi) is 3.05. The largest absolute Gasteiger partial charge is 0.295 e. The molecule has 0 spiro atoms. The van der Waals surface area contributed by atoms with Crippen LogP contribution in [0.1, 0.15) is 28.4 Å². The molecule has 0 N–H and O–H groups in total. The third-order valence-electron chi connectivity index (χ3n) is 2.69. The van der Waals surface area contributed by atoms with Gasteiger partial charge < -0.3 is 0 Å². The van der Waals surface area contributed by atoms with Crippen LogP contribution in [0.15, 0.2) is 36.7 Å². The molecule has 1 aromatic carbocycles. The first kappa shape index (κ1) is 11.5. The van der Waals surface area contributed by atoms with Gasteiger partial charge in [0.25, 0.3) is 0 Å². The summed E-state index contributed by atoms with van der Waals surface area (Å²) in [7, 11) is 0. The second kappa shape index (κ2) is 4.50. The molecule has 1 aromatic heterocycles. The molecule has 17 heavy (non-hydrogen) atoms. The van der Waals surface area contributed by atoms with Crippen LogP contribution in [0.2, 0.25) is 0 Å². The first-order valence-electron chi connectivity index (χ1n) is 5.61. The molecule has 0 radical (unpaired) electrons. The maximum atomic E-state index is 11.4.